The van der Waals surface area contributed by atoms with Crippen molar-refractivity contribution >= 4 is 0 Å². The molecule has 1 heterocycles. The zero-order valence-corrected chi connectivity index (χ0v) is 9.45. The van der Waals surface area contributed by atoms with E-state index in [0.29, 0.717) is 0 Å². The molecule has 2 rings (SSSR count). The Kier molecular flexibility index (Phi) is 3.13. The van der Waals surface area contributed by atoms with Gasteiger partial charge in [0.2, 0.25) is 0 Å². The van der Waals surface area contributed by atoms with Gasteiger partial charge in [0.15, 0.2) is 0 Å². The van der Waals surface area contributed by atoms with Crippen LogP contribution < -0.4 is 0 Å². The largest absolute Gasteiger partial charge is 0.392 e. The molecule has 2 nitrogen and oxygen atoms in total. The third-order valence-corrected chi connectivity index (χ3v) is 3.86. The predicted octanol–water partition coefficient (Wildman–Crippen LogP) is 1.88. The number of likely N-dealkylation sites (tertiary alicyclic amines) is 1. The standard InChI is InChI=1S/C12H23NO/c1-9-5-10(2)7-11(6-9)13-4-3-12(14)8-13/h9-12,14H,3-8H2,1-2H3/t9?,10?,11?,12-/m1/s1. The first-order valence-electron chi connectivity index (χ1n) is 6.07. The summed E-state index contributed by atoms with van der Waals surface area (Å²) in [6.45, 7) is 6.78. The summed E-state index contributed by atoms with van der Waals surface area (Å²) in [7, 11) is 0. The first-order valence-corrected chi connectivity index (χ1v) is 6.07. The Morgan fingerprint density at radius 2 is 1.71 bits per heavy atom. The van der Waals surface area contributed by atoms with E-state index in [4.69, 9.17) is 0 Å². The Labute approximate surface area is 87.3 Å². The molecule has 0 aromatic rings. The van der Waals surface area contributed by atoms with E-state index in [2.05, 4.69) is 18.7 Å². The fourth-order valence-electron chi connectivity index (χ4n) is 3.30. The first kappa shape index (κ1) is 10.4. The van der Waals surface area contributed by atoms with Gasteiger partial charge in [0, 0.05) is 19.1 Å². The average Bonchev–Trinajstić information content (AvgIpc) is 2.50. The average molecular weight is 197 g/mol. The SMILES string of the molecule is CC1CC(C)CC(N2CC[C@@H](O)C2)C1. The van der Waals surface area contributed by atoms with Crippen molar-refractivity contribution in [2.75, 3.05) is 13.1 Å². The van der Waals surface area contributed by atoms with Crippen molar-refractivity contribution in [1.29, 1.82) is 0 Å². The summed E-state index contributed by atoms with van der Waals surface area (Å²) < 4.78 is 0. The molecule has 1 saturated heterocycles. The Morgan fingerprint density at radius 3 is 2.21 bits per heavy atom. The summed E-state index contributed by atoms with van der Waals surface area (Å²) in [6, 6.07) is 0.755. The maximum atomic E-state index is 9.52. The summed E-state index contributed by atoms with van der Waals surface area (Å²) >= 11 is 0. The van der Waals surface area contributed by atoms with Crippen molar-refractivity contribution in [1.82, 2.24) is 4.90 Å². The second kappa shape index (κ2) is 4.19. The van der Waals surface area contributed by atoms with Crippen LogP contribution in [-0.2, 0) is 0 Å². The number of nitrogens with zero attached hydrogens (tertiary/aromatic N) is 1. The zero-order chi connectivity index (χ0) is 10.1. The number of hydrogen-bond donors (Lipinski definition) is 1. The van der Waals surface area contributed by atoms with E-state index in [1.165, 1.54) is 19.3 Å². The second-order valence-electron chi connectivity index (χ2n) is 5.51. The van der Waals surface area contributed by atoms with Gasteiger partial charge in [-0.25, -0.2) is 0 Å². The summed E-state index contributed by atoms with van der Waals surface area (Å²) in [5.41, 5.74) is 0. The van der Waals surface area contributed by atoms with E-state index in [1.54, 1.807) is 0 Å². The molecule has 14 heavy (non-hydrogen) atoms. The molecule has 0 aromatic heterocycles. The molecule has 82 valence electrons. The van der Waals surface area contributed by atoms with Crippen LogP contribution in [0.4, 0.5) is 0 Å². The molecule has 1 aliphatic heterocycles. The van der Waals surface area contributed by atoms with Crippen LogP contribution in [-0.4, -0.2) is 35.2 Å². The maximum Gasteiger partial charge on any atom is 0.0679 e. The molecule has 0 radical (unpaired) electrons. The molecule has 1 saturated carbocycles. The Hall–Kier alpha value is -0.0800. The van der Waals surface area contributed by atoms with E-state index < -0.39 is 0 Å². The highest BCUT2D eigenvalue weighted by Crippen LogP contribution is 2.32. The third kappa shape index (κ3) is 2.29. The van der Waals surface area contributed by atoms with Crippen molar-refractivity contribution in [2.45, 2.75) is 51.7 Å². The van der Waals surface area contributed by atoms with E-state index in [9.17, 15) is 5.11 Å². The van der Waals surface area contributed by atoms with Gasteiger partial charge in [-0.15, -0.1) is 0 Å². The quantitative estimate of drug-likeness (QED) is 0.694. The predicted molar refractivity (Wildman–Crippen MR) is 58.2 cm³/mol. The minimum Gasteiger partial charge on any atom is -0.392 e. The maximum absolute atomic E-state index is 9.52. The molecule has 2 heteroatoms. The van der Waals surface area contributed by atoms with Gasteiger partial charge in [-0.3, -0.25) is 4.90 Å². The fourth-order valence-corrected chi connectivity index (χ4v) is 3.30. The zero-order valence-electron chi connectivity index (χ0n) is 9.45. The Morgan fingerprint density at radius 1 is 1.07 bits per heavy atom. The topological polar surface area (TPSA) is 23.5 Å². The number of β-amino-alcohol motifs (C(OH)–C–C–N with tert-alkyl or cyclic N) is 1. The van der Waals surface area contributed by atoms with Gasteiger partial charge in [-0.1, -0.05) is 13.8 Å². The van der Waals surface area contributed by atoms with Crippen LogP contribution in [0, 0.1) is 11.8 Å². The van der Waals surface area contributed by atoms with Crippen molar-refractivity contribution in [2.24, 2.45) is 11.8 Å². The van der Waals surface area contributed by atoms with Crippen LogP contribution in [0.5, 0.6) is 0 Å². The molecule has 2 fully saturated rings. The lowest BCUT2D eigenvalue weighted by Gasteiger charge is -2.37. The highest BCUT2D eigenvalue weighted by atomic mass is 16.3. The van der Waals surface area contributed by atoms with Gasteiger partial charge in [-0.05, 0) is 37.5 Å². The number of rotatable bonds is 1. The molecule has 0 bridgehead atoms. The number of hydrogen-bond acceptors (Lipinski definition) is 2. The summed E-state index contributed by atoms with van der Waals surface area (Å²) in [5.74, 6) is 1.75. The highest BCUT2D eigenvalue weighted by molar-refractivity contribution is 4.86. The van der Waals surface area contributed by atoms with E-state index in [-0.39, 0.29) is 6.10 Å². The van der Waals surface area contributed by atoms with E-state index in [1.807, 2.05) is 0 Å². The minimum atomic E-state index is -0.0532. The van der Waals surface area contributed by atoms with Gasteiger partial charge in [-0.2, -0.15) is 0 Å². The minimum absolute atomic E-state index is 0.0532. The Bertz CT molecular complexity index is 185. The monoisotopic (exact) mass is 197 g/mol. The van der Waals surface area contributed by atoms with Crippen molar-refractivity contribution in [3.8, 4) is 0 Å². The van der Waals surface area contributed by atoms with Crippen molar-refractivity contribution < 1.29 is 5.11 Å². The van der Waals surface area contributed by atoms with Gasteiger partial charge >= 0.3 is 0 Å². The van der Waals surface area contributed by atoms with Crippen LogP contribution in [0.1, 0.15) is 39.5 Å². The lowest BCUT2D eigenvalue weighted by atomic mass is 9.80. The lowest BCUT2D eigenvalue weighted by Crippen LogP contribution is -2.39. The highest BCUT2D eigenvalue weighted by Gasteiger charge is 2.32. The summed E-state index contributed by atoms with van der Waals surface area (Å²) in [4.78, 5) is 2.51. The summed E-state index contributed by atoms with van der Waals surface area (Å²) in [6.07, 6.45) is 5.02. The fraction of sp³-hybridized carbons (Fsp3) is 1.00. The normalized spacial score (nSPS) is 45.6. The van der Waals surface area contributed by atoms with Crippen molar-refractivity contribution in [3.63, 3.8) is 0 Å². The molecular formula is C12H23NO. The third-order valence-electron chi connectivity index (χ3n) is 3.86. The first-order chi connectivity index (χ1) is 6.65. The van der Waals surface area contributed by atoms with Crippen LogP contribution in [0.3, 0.4) is 0 Å². The lowest BCUT2D eigenvalue weighted by molar-refractivity contribution is 0.110. The molecule has 1 aliphatic carbocycles. The molecule has 2 aliphatic rings. The molecule has 0 spiro atoms. The van der Waals surface area contributed by atoms with Gasteiger partial charge in [0.05, 0.1) is 6.10 Å². The van der Waals surface area contributed by atoms with E-state index >= 15 is 0 Å². The van der Waals surface area contributed by atoms with E-state index in [0.717, 1.165) is 37.4 Å². The molecule has 1 N–H and O–H groups in total. The van der Waals surface area contributed by atoms with Crippen LogP contribution in [0.15, 0.2) is 0 Å². The second-order valence-corrected chi connectivity index (χ2v) is 5.51. The molecule has 2 unspecified atom stereocenters. The Balaban J connectivity index is 1.90. The van der Waals surface area contributed by atoms with Gasteiger partial charge in [0.1, 0.15) is 0 Å². The van der Waals surface area contributed by atoms with Crippen molar-refractivity contribution in [3.05, 3.63) is 0 Å². The molecule has 0 aromatic carbocycles. The van der Waals surface area contributed by atoms with Gasteiger partial charge in [0.25, 0.3) is 0 Å². The number of aliphatic hydroxyl groups excluding tert-OH is 1. The molecule has 3 atom stereocenters. The van der Waals surface area contributed by atoms with Crippen LogP contribution >= 0.6 is 0 Å². The molecule has 0 amide bonds. The smallest absolute Gasteiger partial charge is 0.0679 e. The van der Waals surface area contributed by atoms with Crippen LogP contribution in [0.25, 0.3) is 0 Å². The summed E-state index contributed by atoms with van der Waals surface area (Å²) in [5, 5.41) is 9.52. The van der Waals surface area contributed by atoms with Crippen LogP contribution in [0.2, 0.25) is 0 Å². The molecular weight excluding hydrogens is 174 g/mol. The van der Waals surface area contributed by atoms with Gasteiger partial charge < -0.3 is 5.11 Å². The number of aliphatic hydroxyl groups is 1.